The van der Waals surface area contributed by atoms with Gasteiger partial charge in [0.2, 0.25) is 5.88 Å². The first-order chi connectivity index (χ1) is 11.2. The van der Waals surface area contributed by atoms with Crippen LogP contribution in [0.15, 0.2) is 72.8 Å². The van der Waals surface area contributed by atoms with Gasteiger partial charge in [-0.2, -0.15) is 0 Å². The van der Waals surface area contributed by atoms with Gasteiger partial charge in [-0.1, -0.05) is 60.7 Å². The van der Waals surface area contributed by atoms with Crippen molar-refractivity contribution < 1.29 is 4.74 Å². The number of rotatable bonds is 5. The quantitative estimate of drug-likeness (QED) is 0.774. The lowest BCUT2D eigenvalue weighted by atomic mass is 9.99. The summed E-state index contributed by atoms with van der Waals surface area (Å²) in [7, 11) is 0. The van der Waals surface area contributed by atoms with E-state index in [0.29, 0.717) is 12.5 Å². The van der Waals surface area contributed by atoms with Crippen LogP contribution >= 0.6 is 0 Å². The molecule has 23 heavy (non-hydrogen) atoms. The molecule has 116 valence electrons. The number of nitrogens with two attached hydrogens (primary N) is 1. The van der Waals surface area contributed by atoms with Crippen molar-refractivity contribution in [2.45, 2.75) is 19.6 Å². The molecule has 0 aliphatic carbocycles. The predicted octanol–water partition coefficient (Wildman–Crippen LogP) is 4.02. The molecule has 3 heteroatoms. The van der Waals surface area contributed by atoms with Gasteiger partial charge < -0.3 is 10.5 Å². The van der Waals surface area contributed by atoms with E-state index in [1.54, 1.807) is 0 Å². The number of aromatic nitrogens is 1. The molecule has 3 rings (SSSR count). The van der Waals surface area contributed by atoms with Crippen molar-refractivity contribution >= 4 is 0 Å². The van der Waals surface area contributed by atoms with E-state index in [9.17, 15) is 0 Å². The zero-order valence-electron chi connectivity index (χ0n) is 13.1. The average Bonchev–Trinajstić information content (AvgIpc) is 2.61. The maximum Gasteiger partial charge on any atom is 0.213 e. The van der Waals surface area contributed by atoms with Gasteiger partial charge in [0, 0.05) is 11.8 Å². The number of nitrogens with zero attached hydrogens (tertiary/aromatic N) is 1. The van der Waals surface area contributed by atoms with Crippen LogP contribution in [0.25, 0.3) is 0 Å². The number of pyridine rings is 1. The highest BCUT2D eigenvalue weighted by Gasteiger charge is 2.12. The fourth-order valence-electron chi connectivity index (χ4n) is 2.53. The Balaban J connectivity index is 1.73. The molecule has 0 fully saturated rings. The molecule has 0 bridgehead atoms. The van der Waals surface area contributed by atoms with Gasteiger partial charge in [0.25, 0.3) is 0 Å². The van der Waals surface area contributed by atoms with Crippen LogP contribution in [0.3, 0.4) is 0 Å². The fourth-order valence-corrected chi connectivity index (χ4v) is 2.53. The third kappa shape index (κ3) is 3.76. The summed E-state index contributed by atoms with van der Waals surface area (Å²) in [6, 6.07) is 23.8. The minimum Gasteiger partial charge on any atom is -0.473 e. The second-order valence-corrected chi connectivity index (χ2v) is 5.49. The molecule has 0 amide bonds. The summed E-state index contributed by atoms with van der Waals surface area (Å²) >= 11 is 0. The monoisotopic (exact) mass is 304 g/mol. The summed E-state index contributed by atoms with van der Waals surface area (Å²) in [5.41, 5.74) is 10.5. The normalized spacial score (nSPS) is 11.9. The smallest absolute Gasteiger partial charge is 0.213 e. The van der Waals surface area contributed by atoms with Gasteiger partial charge >= 0.3 is 0 Å². The zero-order chi connectivity index (χ0) is 16.1. The maximum absolute atomic E-state index is 6.35. The van der Waals surface area contributed by atoms with E-state index in [2.05, 4.69) is 4.98 Å². The topological polar surface area (TPSA) is 48.1 Å². The Morgan fingerprint density at radius 1 is 0.913 bits per heavy atom. The molecule has 0 spiro atoms. The van der Waals surface area contributed by atoms with Crippen molar-refractivity contribution in [3.8, 4) is 5.88 Å². The minimum atomic E-state index is -0.174. The summed E-state index contributed by atoms with van der Waals surface area (Å²) in [6.45, 7) is 2.48. The molecular formula is C20H20N2O. The van der Waals surface area contributed by atoms with Crippen molar-refractivity contribution in [2.75, 3.05) is 0 Å². The Bertz CT molecular complexity index is 757. The lowest BCUT2D eigenvalue weighted by molar-refractivity contribution is 0.293. The van der Waals surface area contributed by atoms with Crippen LogP contribution in [-0.2, 0) is 6.61 Å². The molecule has 0 saturated carbocycles. The lowest BCUT2D eigenvalue weighted by Crippen LogP contribution is -2.14. The molecule has 1 aromatic heterocycles. The highest BCUT2D eigenvalue weighted by atomic mass is 16.5. The van der Waals surface area contributed by atoms with Crippen molar-refractivity contribution in [1.82, 2.24) is 4.98 Å². The van der Waals surface area contributed by atoms with Gasteiger partial charge in [0.05, 0.1) is 6.04 Å². The molecule has 3 aromatic rings. The van der Waals surface area contributed by atoms with Gasteiger partial charge in [-0.15, -0.1) is 0 Å². The minimum absolute atomic E-state index is 0.174. The van der Waals surface area contributed by atoms with E-state index in [1.807, 2.05) is 79.7 Å². The van der Waals surface area contributed by atoms with Crippen LogP contribution in [0.2, 0.25) is 0 Å². The largest absolute Gasteiger partial charge is 0.473 e. The zero-order valence-corrected chi connectivity index (χ0v) is 13.1. The molecule has 2 N–H and O–H groups in total. The molecule has 1 atom stereocenters. The van der Waals surface area contributed by atoms with Crippen LogP contribution in [0, 0.1) is 6.92 Å². The Labute approximate surface area is 136 Å². The first kappa shape index (κ1) is 15.3. The van der Waals surface area contributed by atoms with Crippen LogP contribution in [0.4, 0.5) is 0 Å². The number of ether oxygens (including phenoxy) is 1. The van der Waals surface area contributed by atoms with Gasteiger partial charge in [-0.05, 0) is 29.7 Å². The van der Waals surface area contributed by atoms with Crippen molar-refractivity contribution in [1.29, 1.82) is 0 Å². The summed E-state index contributed by atoms with van der Waals surface area (Å²) in [5.74, 6) is 0.621. The van der Waals surface area contributed by atoms with Gasteiger partial charge in [-0.3, -0.25) is 0 Å². The molecule has 1 heterocycles. The molecule has 0 radical (unpaired) electrons. The molecule has 0 unspecified atom stereocenters. The van der Waals surface area contributed by atoms with E-state index in [-0.39, 0.29) is 6.04 Å². The van der Waals surface area contributed by atoms with E-state index >= 15 is 0 Å². The summed E-state index contributed by atoms with van der Waals surface area (Å²) < 4.78 is 5.76. The Morgan fingerprint density at radius 2 is 1.57 bits per heavy atom. The third-order valence-electron chi connectivity index (χ3n) is 3.82. The van der Waals surface area contributed by atoms with Crippen molar-refractivity contribution in [3.63, 3.8) is 0 Å². The average molecular weight is 304 g/mol. The lowest BCUT2D eigenvalue weighted by Gasteiger charge is -2.15. The highest BCUT2D eigenvalue weighted by Crippen LogP contribution is 2.23. The molecule has 0 saturated heterocycles. The van der Waals surface area contributed by atoms with Crippen LogP contribution in [0.5, 0.6) is 5.88 Å². The van der Waals surface area contributed by atoms with Gasteiger partial charge in [0.1, 0.15) is 6.61 Å². The highest BCUT2D eigenvalue weighted by molar-refractivity contribution is 5.35. The van der Waals surface area contributed by atoms with E-state index in [4.69, 9.17) is 10.5 Å². The molecule has 0 aliphatic rings. The second-order valence-electron chi connectivity index (χ2n) is 5.49. The van der Waals surface area contributed by atoms with Gasteiger partial charge in [0.15, 0.2) is 0 Å². The maximum atomic E-state index is 6.35. The van der Waals surface area contributed by atoms with E-state index < -0.39 is 0 Å². The third-order valence-corrected chi connectivity index (χ3v) is 3.82. The summed E-state index contributed by atoms with van der Waals surface area (Å²) in [4.78, 5) is 4.53. The first-order valence-electron chi connectivity index (χ1n) is 7.69. The summed E-state index contributed by atoms with van der Waals surface area (Å²) in [5, 5.41) is 0. The standard InChI is InChI=1S/C20H20N2O/c1-15-18(20(21)17-10-6-3-7-11-17)12-13-19(22-15)23-14-16-8-4-2-5-9-16/h2-13,20H,14,21H2,1H3/t20-/m1/s1. The molecule has 2 aromatic carbocycles. The number of aryl methyl sites for hydroxylation is 1. The van der Waals surface area contributed by atoms with Crippen LogP contribution < -0.4 is 10.5 Å². The summed E-state index contributed by atoms with van der Waals surface area (Å²) in [6.07, 6.45) is 0. The molecule has 3 nitrogen and oxygen atoms in total. The predicted molar refractivity (Wildman–Crippen MR) is 92.2 cm³/mol. The fraction of sp³-hybridized carbons (Fsp3) is 0.150. The first-order valence-corrected chi connectivity index (χ1v) is 7.69. The number of hydrogen-bond donors (Lipinski definition) is 1. The molecular weight excluding hydrogens is 284 g/mol. The van der Waals surface area contributed by atoms with Crippen molar-refractivity contribution in [3.05, 3.63) is 95.2 Å². The Hall–Kier alpha value is -2.65. The number of hydrogen-bond acceptors (Lipinski definition) is 3. The van der Waals surface area contributed by atoms with E-state index in [1.165, 1.54) is 0 Å². The van der Waals surface area contributed by atoms with Gasteiger partial charge in [-0.25, -0.2) is 4.98 Å². The second kappa shape index (κ2) is 7.07. The Morgan fingerprint density at radius 3 is 2.22 bits per heavy atom. The van der Waals surface area contributed by atoms with E-state index in [0.717, 1.165) is 22.4 Å². The van der Waals surface area contributed by atoms with Crippen LogP contribution in [0.1, 0.15) is 28.4 Å². The number of benzene rings is 2. The van der Waals surface area contributed by atoms with Crippen LogP contribution in [-0.4, -0.2) is 4.98 Å². The van der Waals surface area contributed by atoms with Crippen molar-refractivity contribution in [2.24, 2.45) is 5.73 Å². The SMILES string of the molecule is Cc1nc(OCc2ccccc2)ccc1[C@H](N)c1ccccc1. The molecule has 0 aliphatic heterocycles. The Kier molecular flexibility index (Phi) is 4.69.